The molecular weight excluding hydrogens is 276 g/mol. The monoisotopic (exact) mass is 306 g/mol. The summed E-state index contributed by atoms with van der Waals surface area (Å²) < 4.78 is 31.4. The van der Waals surface area contributed by atoms with Gasteiger partial charge in [0.1, 0.15) is 0 Å². The molecule has 1 aliphatic rings. The Balaban J connectivity index is 1.91. The second-order valence-corrected chi connectivity index (χ2v) is 7.87. The maximum atomic E-state index is 11.7. The summed E-state index contributed by atoms with van der Waals surface area (Å²) in [5.74, 6) is 0.835. The lowest BCUT2D eigenvalue weighted by Crippen LogP contribution is -2.30. The van der Waals surface area contributed by atoms with Crippen LogP contribution in [0.4, 0.5) is 0 Å². The van der Waals surface area contributed by atoms with Crippen molar-refractivity contribution < 1.29 is 13.2 Å². The molecule has 20 heavy (non-hydrogen) atoms. The number of hydrogen-bond donors (Lipinski definition) is 2. The first-order valence-electron chi connectivity index (χ1n) is 7.78. The van der Waals surface area contributed by atoms with Crippen LogP contribution in [-0.2, 0) is 14.8 Å². The second kappa shape index (κ2) is 9.71. The fraction of sp³-hybridized carbons (Fsp3) is 1.00. The summed E-state index contributed by atoms with van der Waals surface area (Å²) in [6.45, 7) is 6.75. The SMILES string of the molecule is CC(C)CCOCCNS(=O)(=O)CCCCNC1CC1. The molecule has 0 unspecified atom stereocenters. The van der Waals surface area contributed by atoms with Crippen molar-refractivity contribution in [2.75, 3.05) is 32.1 Å². The average molecular weight is 306 g/mol. The third-order valence-electron chi connectivity index (χ3n) is 3.26. The number of sulfonamides is 1. The molecule has 1 aliphatic carbocycles. The first-order chi connectivity index (χ1) is 9.49. The quantitative estimate of drug-likeness (QED) is 0.506. The van der Waals surface area contributed by atoms with E-state index >= 15 is 0 Å². The standard InChI is InChI=1S/C14H30N2O3S/c1-13(2)7-10-19-11-9-16-20(17,18)12-4-3-8-15-14-5-6-14/h13-16H,3-12H2,1-2H3. The lowest BCUT2D eigenvalue weighted by molar-refractivity contribution is 0.128. The van der Waals surface area contributed by atoms with Gasteiger partial charge in [-0.1, -0.05) is 13.8 Å². The van der Waals surface area contributed by atoms with Gasteiger partial charge in [-0.15, -0.1) is 0 Å². The van der Waals surface area contributed by atoms with Crippen LogP contribution < -0.4 is 10.0 Å². The van der Waals surface area contributed by atoms with Gasteiger partial charge in [-0.25, -0.2) is 13.1 Å². The van der Waals surface area contributed by atoms with Crippen molar-refractivity contribution in [3.63, 3.8) is 0 Å². The van der Waals surface area contributed by atoms with E-state index in [1.165, 1.54) is 12.8 Å². The lowest BCUT2D eigenvalue weighted by Gasteiger charge is -2.08. The molecule has 120 valence electrons. The molecule has 0 bridgehead atoms. The summed E-state index contributed by atoms with van der Waals surface area (Å²) in [5.41, 5.74) is 0. The van der Waals surface area contributed by atoms with E-state index in [0.29, 0.717) is 38.1 Å². The van der Waals surface area contributed by atoms with Gasteiger partial charge in [-0.05, 0) is 44.6 Å². The Labute approximate surface area is 123 Å². The van der Waals surface area contributed by atoms with E-state index in [1.54, 1.807) is 0 Å². The molecule has 1 saturated carbocycles. The van der Waals surface area contributed by atoms with Crippen LogP contribution in [0.5, 0.6) is 0 Å². The largest absolute Gasteiger partial charge is 0.380 e. The van der Waals surface area contributed by atoms with E-state index in [2.05, 4.69) is 23.9 Å². The molecule has 1 rings (SSSR count). The zero-order valence-corrected chi connectivity index (χ0v) is 13.7. The minimum atomic E-state index is -3.13. The average Bonchev–Trinajstić information content (AvgIpc) is 3.16. The Morgan fingerprint density at radius 2 is 1.90 bits per heavy atom. The van der Waals surface area contributed by atoms with E-state index in [9.17, 15) is 8.42 Å². The summed E-state index contributed by atoms with van der Waals surface area (Å²) in [5, 5.41) is 3.38. The van der Waals surface area contributed by atoms with Gasteiger partial charge in [0.15, 0.2) is 0 Å². The fourth-order valence-corrected chi connectivity index (χ4v) is 2.90. The van der Waals surface area contributed by atoms with Gasteiger partial charge in [0, 0.05) is 19.2 Å². The van der Waals surface area contributed by atoms with Crippen LogP contribution in [0.3, 0.4) is 0 Å². The molecule has 0 aromatic rings. The van der Waals surface area contributed by atoms with Gasteiger partial charge >= 0.3 is 0 Å². The summed E-state index contributed by atoms with van der Waals surface area (Å²) in [6.07, 6.45) is 5.19. The van der Waals surface area contributed by atoms with Crippen molar-refractivity contribution in [1.29, 1.82) is 0 Å². The van der Waals surface area contributed by atoms with Crippen molar-refractivity contribution in [3.05, 3.63) is 0 Å². The minimum absolute atomic E-state index is 0.214. The van der Waals surface area contributed by atoms with Crippen molar-refractivity contribution in [1.82, 2.24) is 10.0 Å². The van der Waals surface area contributed by atoms with Crippen LogP contribution in [-0.4, -0.2) is 46.5 Å². The highest BCUT2D eigenvalue weighted by Gasteiger charge is 2.19. The molecule has 0 saturated heterocycles. The smallest absolute Gasteiger partial charge is 0.211 e. The lowest BCUT2D eigenvalue weighted by atomic mass is 10.1. The Bertz CT molecular complexity index is 340. The third-order valence-corrected chi connectivity index (χ3v) is 4.73. The van der Waals surface area contributed by atoms with Gasteiger partial charge in [-0.2, -0.15) is 0 Å². The van der Waals surface area contributed by atoms with Crippen molar-refractivity contribution >= 4 is 10.0 Å². The summed E-state index contributed by atoms with van der Waals surface area (Å²) in [6, 6.07) is 0.702. The molecule has 0 aromatic carbocycles. The number of rotatable bonds is 13. The maximum Gasteiger partial charge on any atom is 0.211 e. The van der Waals surface area contributed by atoms with E-state index in [1.807, 2.05) is 0 Å². The molecule has 0 amide bonds. The van der Waals surface area contributed by atoms with E-state index in [-0.39, 0.29) is 5.75 Å². The number of nitrogens with one attached hydrogen (secondary N) is 2. The molecule has 0 radical (unpaired) electrons. The first-order valence-corrected chi connectivity index (χ1v) is 9.43. The molecule has 1 fully saturated rings. The summed E-state index contributed by atoms with van der Waals surface area (Å²) in [4.78, 5) is 0. The molecule has 0 aromatic heterocycles. The van der Waals surface area contributed by atoms with Crippen LogP contribution >= 0.6 is 0 Å². The molecule has 0 heterocycles. The molecule has 2 N–H and O–H groups in total. The normalized spacial score (nSPS) is 15.9. The highest BCUT2D eigenvalue weighted by atomic mass is 32.2. The van der Waals surface area contributed by atoms with Gasteiger partial charge in [0.25, 0.3) is 0 Å². The molecule has 0 atom stereocenters. The minimum Gasteiger partial charge on any atom is -0.380 e. The van der Waals surface area contributed by atoms with Crippen molar-refractivity contribution in [3.8, 4) is 0 Å². The molecule has 5 nitrogen and oxygen atoms in total. The van der Waals surface area contributed by atoms with E-state index in [4.69, 9.17) is 4.74 Å². The van der Waals surface area contributed by atoms with Crippen LogP contribution in [0, 0.1) is 5.92 Å². The Morgan fingerprint density at radius 1 is 1.15 bits per heavy atom. The van der Waals surface area contributed by atoms with Gasteiger partial charge in [0.05, 0.1) is 12.4 Å². The molecular formula is C14H30N2O3S. The van der Waals surface area contributed by atoms with E-state index in [0.717, 1.165) is 19.4 Å². The van der Waals surface area contributed by atoms with Gasteiger partial charge in [0.2, 0.25) is 10.0 Å². The molecule has 0 aliphatic heterocycles. The Morgan fingerprint density at radius 3 is 2.55 bits per heavy atom. The predicted molar refractivity (Wildman–Crippen MR) is 82.3 cm³/mol. The zero-order valence-electron chi connectivity index (χ0n) is 12.9. The maximum absolute atomic E-state index is 11.7. The van der Waals surface area contributed by atoms with Gasteiger partial charge < -0.3 is 10.1 Å². The highest BCUT2D eigenvalue weighted by molar-refractivity contribution is 7.89. The van der Waals surface area contributed by atoms with Crippen LogP contribution in [0.1, 0.15) is 46.0 Å². The van der Waals surface area contributed by atoms with E-state index < -0.39 is 10.0 Å². The number of ether oxygens (including phenoxy) is 1. The van der Waals surface area contributed by atoms with Crippen molar-refractivity contribution in [2.24, 2.45) is 5.92 Å². The Hall–Kier alpha value is -0.170. The zero-order chi connectivity index (χ0) is 14.8. The summed E-state index contributed by atoms with van der Waals surface area (Å²) in [7, 11) is -3.13. The second-order valence-electron chi connectivity index (χ2n) is 5.94. The topological polar surface area (TPSA) is 67.4 Å². The number of unbranched alkanes of at least 4 members (excludes halogenated alkanes) is 1. The van der Waals surface area contributed by atoms with Crippen LogP contribution in [0.15, 0.2) is 0 Å². The van der Waals surface area contributed by atoms with Crippen LogP contribution in [0.25, 0.3) is 0 Å². The Kier molecular flexibility index (Phi) is 8.68. The molecule has 0 spiro atoms. The van der Waals surface area contributed by atoms with Crippen molar-refractivity contribution in [2.45, 2.75) is 52.0 Å². The fourth-order valence-electron chi connectivity index (χ4n) is 1.77. The molecule has 6 heteroatoms. The van der Waals surface area contributed by atoms with Gasteiger partial charge in [-0.3, -0.25) is 0 Å². The summed E-state index contributed by atoms with van der Waals surface area (Å²) >= 11 is 0. The first kappa shape index (κ1) is 17.9. The number of hydrogen-bond acceptors (Lipinski definition) is 4. The van der Waals surface area contributed by atoms with Crippen LogP contribution in [0.2, 0.25) is 0 Å². The predicted octanol–water partition coefficient (Wildman–Crippen LogP) is 1.50. The third kappa shape index (κ3) is 10.6. The highest BCUT2D eigenvalue weighted by Crippen LogP contribution is 2.18.